The number of imidazole rings is 1. The molecule has 20 heavy (non-hydrogen) atoms. The van der Waals surface area contributed by atoms with Gasteiger partial charge in [-0.25, -0.2) is 4.98 Å². The van der Waals surface area contributed by atoms with E-state index in [4.69, 9.17) is 16.3 Å². The van der Waals surface area contributed by atoms with Crippen molar-refractivity contribution in [3.05, 3.63) is 53.3 Å². The Kier molecular flexibility index (Phi) is 3.16. The van der Waals surface area contributed by atoms with Crippen molar-refractivity contribution < 1.29 is 9.53 Å². The third-order valence-corrected chi connectivity index (χ3v) is 3.30. The summed E-state index contributed by atoms with van der Waals surface area (Å²) in [7, 11) is 1.60. The normalized spacial score (nSPS) is 10.7. The smallest absolute Gasteiger partial charge is 0.169 e. The second-order valence-electron chi connectivity index (χ2n) is 4.27. The van der Waals surface area contributed by atoms with E-state index in [1.165, 1.54) is 0 Å². The lowest BCUT2D eigenvalue weighted by atomic mass is 10.1. The van der Waals surface area contributed by atoms with Crippen molar-refractivity contribution in [2.24, 2.45) is 0 Å². The van der Waals surface area contributed by atoms with Crippen LogP contribution in [0, 0.1) is 0 Å². The number of aromatic nitrogens is 2. The molecule has 0 radical (unpaired) electrons. The van der Waals surface area contributed by atoms with Crippen LogP contribution in [0.3, 0.4) is 0 Å². The maximum atomic E-state index is 11.4. The van der Waals surface area contributed by atoms with E-state index in [1.807, 2.05) is 24.3 Å². The van der Waals surface area contributed by atoms with E-state index in [2.05, 4.69) is 4.98 Å². The molecule has 2 heterocycles. The SMILES string of the molecule is COc1cccc(-c2nc3ccc(Cl)cn3c2C=O)c1. The third-order valence-electron chi connectivity index (χ3n) is 3.07. The predicted octanol–water partition coefficient (Wildman–Crippen LogP) is 3.48. The highest BCUT2D eigenvalue weighted by molar-refractivity contribution is 6.30. The van der Waals surface area contributed by atoms with Crippen LogP contribution in [0.5, 0.6) is 5.75 Å². The summed E-state index contributed by atoms with van der Waals surface area (Å²) in [5.41, 5.74) is 2.58. The van der Waals surface area contributed by atoms with Gasteiger partial charge >= 0.3 is 0 Å². The van der Waals surface area contributed by atoms with Gasteiger partial charge in [0, 0.05) is 11.8 Å². The minimum absolute atomic E-state index is 0.468. The Morgan fingerprint density at radius 3 is 2.90 bits per heavy atom. The fraction of sp³-hybridized carbons (Fsp3) is 0.0667. The second kappa shape index (κ2) is 4.98. The number of rotatable bonds is 3. The summed E-state index contributed by atoms with van der Waals surface area (Å²) in [6, 6.07) is 11.0. The van der Waals surface area contributed by atoms with E-state index >= 15 is 0 Å². The van der Waals surface area contributed by atoms with Gasteiger partial charge in [0.2, 0.25) is 0 Å². The van der Waals surface area contributed by atoms with Gasteiger partial charge in [-0.15, -0.1) is 0 Å². The number of fused-ring (bicyclic) bond motifs is 1. The average Bonchev–Trinajstić information content (AvgIpc) is 2.85. The number of pyridine rings is 1. The lowest BCUT2D eigenvalue weighted by Gasteiger charge is -2.02. The molecule has 0 saturated carbocycles. The average molecular weight is 287 g/mol. The molecule has 0 aliphatic heterocycles. The molecular weight excluding hydrogens is 276 g/mol. The molecule has 0 spiro atoms. The minimum atomic E-state index is 0.468. The van der Waals surface area contributed by atoms with E-state index in [1.54, 1.807) is 29.8 Å². The first kappa shape index (κ1) is 12.7. The van der Waals surface area contributed by atoms with Gasteiger partial charge in [-0.05, 0) is 24.3 Å². The molecule has 2 aromatic heterocycles. The monoisotopic (exact) mass is 286 g/mol. The Balaban J connectivity index is 2.27. The summed E-state index contributed by atoms with van der Waals surface area (Å²) >= 11 is 5.97. The highest BCUT2D eigenvalue weighted by Gasteiger charge is 2.14. The topological polar surface area (TPSA) is 43.6 Å². The molecule has 0 atom stereocenters. The van der Waals surface area contributed by atoms with Crippen LogP contribution in [-0.2, 0) is 0 Å². The summed E-state index contributed by atoms with van der Waals surface area (Å²) < 4.78 is 6.88. The summed E-state index contributed by atoms with van der Waals surface area (Å²) in [4.78, 5) is 15.9. The number of hydrogen-bond acceptors (Lipinski definition) is 3. The zero-order valence-electron chi connectivity index (χ0n) is 10.7. The number of benzene rings is 1. The van der Waals surface area contributed by atoms with E-state index in [9.17, 15) is 4.79 Å². The van der Waals surface area contributed by atoms with Gasteiger partial charge in [-0.2, -0.15) is 0 Å². The number of halogens is 1. The molecule has 0 bridgehead atoms. The molecule has 0 fully saturated rings. The zero-order chi connectivity index (χ0) is 14.1. The van der Waals surface area contributed by atoms with E-state index in [0.29, 0.717) is 22.1 Å². The molecule has 0 amide bonds. The fourth-order valence-electron chi connectivity index (χ4n) is 2.13. The molecular formula is C15H11ClN2O2. The number of methoxy groups -OCH3 is 1. The Morgan fingerprint density at radius 1 is 1.30 bits per heavy atom. The summed E-state index contributed by atoms with van der Waals surface area (Å²) in [5, 5.41) is 0.551. The molecule has 0 unspecified atom stereocenters. The lowest BCUT2D eigenvalue weighted by Crippen LogP contribution is -1.92. The molecule has 3 rings (SSSR count). The Bertz CT molecular complexity index is 796. The molecule has 0 aliphatic rings. The van der Waals surface area contributed by atoms with Crippen LogP contribution in [0.2, 0.25) is 5.02 Å². The van der Waals surface area contributed by atoms with Crippen molar-refractivity contribution in [2.45, 2.75) is 0 Å². The Morgan fingerprint density at radius 2 is 2.15 bits per heavy atom. The van der Waals surface area contributed by atoms with Crippen molar-refractivity contribution in [3.63, 3.8) is 0 Å². The predicted molar refractivity (Wildman–Crippen MR) is 77.6 cm³/mol. The van der Waals surface area contributed by atoms with E-state index in [0.717, 1.165) is 17.6 Å². The van der Waals surface area contributed by atoms with Crippen molar-refractivity contribution in [1.82, 2.24) is 9.38 Å². The molecule has 4 nitrogen and oxygen atoms in total. The molecule has 100 valence electrons. The highest BCUT2D eigenvalue weighted by atomic mass is 35.5. The van der Waals surface area contributed by atoms with Gasteiger partial charge in [0.1, 0.15) is 22.8 Å². The van der Waals surface area contributed by atoms with Crippen molar-refractivity contribution in [1.29, 1.82) is 0 Å². The van der Waals surface area contributed by atoms with E-state index < -0.39 is 0 Å². The van der Waals surface area contributed by atoms with Gasteiger partial charge in [0.05, 0.1) is 12.1 Å². The molecule has 0 aliphatic carbocycles. The second-order valence-corrected chi connectivity index (χ2v) is 4.71. The van der Waals surface area contributed by atoms with Gasteiger partial charge in [-0.3, -0.25) is 9.20 Å². The van der Waals surface area contributed by atoms with Crippen LogP contribution in [0.25, 0.3) is 16.9 Å². The molecule has 0 N–H and O–H groups in total. The standard InChI is InChI=1S/C15H11ClN2O2/c1-20-12-4-2-3-10(7-12)15-13(9-19)18-8-11(16)5-6-14(18)17-15/h2-9H,1H3. The van der Waals surface area contributed by atoms with Crippen LogP contribution in [-0.4, -0.2) is 22.8 Å². The first-order valence-corrected chi connectivity index (χ1v) is 6.38. The zero-order valence-corrected chi connectivity index (χ0v) is 11.5. The van der Waals surface area contributed by atoms with Crippen molar-refractivity contribution in [3.8, 4) is 17.0 Å². The number of carbonyl (C=O) groups excluding carboxylic acids is 1. The largest absolute Gasteiger partial charge is 0.497 e. The molecule has 5 heteroatoms. The van der Waals surface area contributed by atoms with Gasteiger partial charge in [0.25, 0.3) is 0 Å². The van der Waals surface area contributed by atoms with Crippen LogP contribution in [0.4, 0.5) is 0 Å². The number of carbonyl (C=O) groups is 1. The summed E-state index contributed by atoms with van der Waals surface area (Å²) in [6.07, 6.45) is 2.46. The number of ether oxygens (including phenoxy) is 1. The first-order valence-electron chi connectivity index (χ1n) is 6.00. The fourth-order valence-corrected chi connectivity index (χ4v) is 2.29. The molecule has 0 saturated heterocycles. The quantitative estimate of drug-likeness (QED) is 0.692. The van der Waals surface area contributed by atoms with Crippen LogP contribution < -0.4 is 4.74 Å². The van der Waals surface area contributed by atoms with Gasteiger partial charge in [0.15, 0.2) is 6.29 Å². The summed E-state index contributed by atoms with van der Waals surface area (Å²) in [5.74, 6) is 0.717. The maximum absolute atomic E-state index is 11.4. The highest BCUT2D eigenvalue weighted by Crippen LogP contribution is 2.27. The molecule has 3 aromatic rings. The minimum Gasteiger partial charge on any atom is -0.497 e. The number of nitrogens with zero attached hydrogens (tertiary/aromatic N) is 2. The van der Waals surface area contributed by atoms with Crippen molar-refractivity contribution >= 4 is 23.5 Å². The summed E-state index contributed by atoms with van der Waals surface area (Å²) in [6.45, 7) is 0. The van der Waals surface area contributed by atoms with Gasteiger partial charge < -0.3 is 4.74 Å². The first-order chi connectivity index (χ1) is 9.72. The van der Waals surface area contributed by atoms with E-state index in [-0.39, 0.29) is 0 Å². The van der Waals surface area contributed by atoms with Crippen LogP contribution in [0.1, 0.15) is 10.5 Å². The Labute approximate surface area is 120 Å². The van der Waals surface area contributed by atoms with Crippen LogP contribution >= 0.6 is 11.6 Å². The lowest BCUT2D eigenvalue weighted by molar-refractivity contribution is 0.111. The third kappa shape index (κ3) is 2.04. The van der Waals surface area contributed by atoms with Crippen LogP contribution in [0.15, 0.2) is 42.6 Å². The van der Waals surface area contributed by atoms with Crippen molar-refractivity contribution in [2.75, 3.05) is 7.11 Å². The number of aldehydes is 1. The molecule has 1 aromatic carbocycles. The van der Waals surface area contributed by atoms with Gasteiger partial charge in [-0.1, -0.05) is 23.7 Å². The number of hydrogen-bond donors (Lipinski definition) is 0. The maximum Gasteiger partial charge on any atom is 0.169 e. The Hall–Kier alpha value is -2.33.